The number of rotatable bonds is 8. The molecule has 3 aromatic carbocycles. The molecule has 0 unspecified atom stereocenters. The maximum absolute atomic E-state index is 13.8. The van der Waals surface area contributed by atoms with Crippen LogP contribution in [0.25, 0.3) is 0 Å². The van der Waals surface area contributed by atoms with Crippen molar-refractivity contribution in [1.29, 1.82) is 0 Å². The molecule has 0 spiro atoms. The highest BCUT2D eigenvalue weighted by Gasteiger charge is 2.28. The third-order valence-electron chi connectivity index (χ3n) is 5.42. The number of sulfonamides is 1. The van der Waals surface area contributed by atoms with E-state index in [2.05, 4.69) is 10.3 Å². The number of nitrogens with one attached hydrogen (secondary N) is 1. The van der Waals surface area contributed by atoms with Crippen molar-refractivity contribution in [1.82, 2.24) is 10.3 Å². The molecule has 6 nitrogen and oxygen atoms in total. The molecular formula is C27H24ClN3O3S. The Hall–Kier alpha value is -3.68. The van der Waals surface area contributed by atoms with Crippen LogP contribution in [0.4, 0.5) is 5.69 Å². The topological polar surface area (TPSA) is 79.4 Å². The van der Waals surface area contributed by atoms with Crippen molar-refractivity contribution >= 4 is 33.2 Å². The van der Waals surface area contributed by atoms with Gasteiger partial charge in [-0.2, -0.15) is 0 Å². The summed E-state index contributed by atoms with van der Waals surface area (Å²) < 4.78 is 28.9. The Morgan fingerprint density at radius 2 is 1.60 bits per heavy atom. The average molecular weight is 506 g/mol. The van der Waals surface area contributed by atoms with E-state index >= 15 is 0 Å². The molecule has 1 amide bonds. The molecule has 35 heavy (non-hydrogen) atoms. The third kappa shape index (κ3) is 5.88. The maximum Gasteiger partial charge on any atom is 0.264 e. The van der Waals surface area contributed by atoms with Crippen LogP contribution in [0, 0.1) is 6.92 Å². The van der Waals surface area contributed by atoms with E-state index in [-0.39, 0.29) is 29.2 Å². The predicted octanol–water partition coefficient (Wildman–Crippen LogP) is 5.37. The van der Waals surface area contributed by atoms with Crippen LogP contribution in [0.1, 0.15) is 27.2 Å². The normalized spacial score (nSPS) is 11.1. The van der Waals surface area contributed by atoms with E-state index in [0.29, 0.717) is 10.7 Å². The van der Waals surface area contributed by atoms with Gasteiger partial charge < -0.3 is 5.32 Å². The molecule has 4 aromatic rings. The van der Waals surface area contributed by atoms with E-state index < -0.39 is 15.9 Å². The van der Waals surface area contributed by atoms with Gasteiger partial charge in [-0.05, 0) is 61.0 Å². The Bertz CT molecular complexity index is 1410. The van der Waals surface area contributed by atoms with Crippen molar-refractivity contribution in [2.24, 2.45) is 0 Å². The number of pyridine rings is 1. The molecule has 0 bridgehead atoms. The number of carbonyl (C=O) groups is 1. The van der Waals surface area contributed by atoms with E-state index in [4.69, 9.17) is 11.6 Å². The highest BCUT2D eigenvalue weighted by atomic mass is 35.5. The van der Waals surface area contributed by atoms with Crippen LogP contribution in [-0.4, -0.2) is 19.3 Å². The fraction of sp³-hybridized carbons (Fsp3) is 0.111. The average Bonchev–Trinajstić information content (AvgIpc) is 2.88. The number of anilines is 1. The number of hydrogen-bond acceptors (Lipinski definition) is 4. The lowest BCUT2D eigenvalue weighted by Gasteiger charge is -2.27. The Kier molecular flexibility index (Phi) is 7.48. The van der Waals surface area contributed by atoms with Gasteiger partial charge in [0.15, 0.2) is 0 Å². The second-order valence-corrected chi connectivity index (χ2v) is 10.3. The summed E-state index contributed by atoms with van der Waals surface area (Å²) >= 11 is 6.03. The SMILES string of the molecule is Cc1ccc(S(=O)(=O)N(Cc2ccc(Cl)cc2)c2ccccc2C(=O)NCc2ccccn2)cc1. The standard InChI is InChI=1S/C27H24ClN3O3S/c1-20-9-15-24(16-10-20)35(33,34)31(19-21-11-13-22(28)14-12-21)26-8-3-2-7-25(26)27(32)30-18-23-6-4-5-17-29-23/h2-17H,18-19H2,1H3,(H,30,32). The minimum Gasteiger partial charge on any atom is -0.346 e. The van der Waals surface area contributed by atoms with E-state index in [1.165, 1.54) is 4.31 Å². The first-order valence-electron chi connectivity index (χ1n) is 11.0. The molecule has 1 aromatic heterocycles. The Labute approximate surface area is 210 Å². The van der Waals surface area contributed by atoms with Gasteiger partial charge in [-0.1, -0.05) is 59.6 Å². The molecular weight excluding hydrogens is 482 g/mol. The molecule has 0 saturated carbocycles. The van der Waals surface area contributed by atoms with Crippen molar-refractivity contribution in [2.75, 3.05) is 4.31 Å². The van der Waals surface area contributed by atoms with Crippen molar-refractivity contribution < 1.29 is 13.2 Å². The zero-order valence-corrected chi connectivity index (χ0v) is 20.6. The predicted molar refractivity (Wildman–Crippen MR) is 138 cm³/mol. The van der Waals surface area contributed by atoms with Gasteiger partial charge in [0.2, 0.25) is 0 Å². The van der Waals surface area contributed by atoms with Crippen LogP contribution in [-0.2, 0) is 23.1 Å². The molecule has 8 heteroatoms. The monoisotopic (exact) mass is 505 g/mol. The van der Waals surface area contributed by atoms with E-state index in [1.807, 2.05) is 13.0 Å². The molecule has 178 valence electrons. The van der Waals surface area contributed by atoms with Gasteiger partial charge in [0.05, 0.1) is 34.9 Å². The highest BCUT2D eigenvalue weighted by Crippen LogP contribution is 2.30. The van der Waals surface area contributed by atoms with Gasteiger partial charge >= 0.3 is 0 Å². The van der Waals surface area contributed by atoms with Gasteiger partial charge in [0.1, 0.15) is 0 Å². The Morgan fingerprint density at radius 3 is 2.29 bits per heavy atom. The molecule has 0 aliphatic rings. The quantitative estimate of drug-likeness (QED) is 0.349. The van der Waals surface area contributed by atoms with Crippen molar-refractivity contribution in [3.63, 3.8) is 0 Å². The molecule has 0 atom stereocenters. The lowest BCUT2D eigenvalue weighted by molar-refractivity contribution is 0.0951. The first-order valence-corrected chi connectivity index (χ1v) is 12.8. The molecule has 0 fully saturated rings. The lowest BCUT2D eigenvalue weighted by Crippen LogP contribution is -2.33. The number of aryl methyl sites for hydroxylation is 1. The van der Waals surface area contributed by atoms with Gasteiger partial charge in [-0.3, -0.25) is 14.1 Å². The van der Waals surface area contributed by atoms with E-state index in [0.717, 1.165) is 11.1 Å². The summed E-state index contributed by atoms with van der Waals surface area (Å²) in [7, 11) is -3.99. The van der Waals surface area contributed by atoms with Crippen molar-refractivity contribution in [3.05, 3.63) is 125 Å². The molecule has 1 N–H and O–H groups in total. The second kappa shape index (κ2) is 10.7. The van der Waals surface area contributed by atoms with Crippen LogP contribution in [0.5, 0.6) is 0 Å². The molecule has 0 radical (unpaired) electrons. The molecule has 1 heterocycles. The number of aromatic nitrogens is 1. The van der Waals surface area contributed by atoms with Crippen molar-refractivity contribution in [3.8, 4) is 0 Å². The van der Waals surface area contributed by atoms with Crippen LogP contribution in [0.15, 0.2) is 102 Å². The Morgan fingerprint density at radius 1 is 0.914 bits per heavy atom. The molecule has 4 rings (SSSR count). The second-order valence-electron chi connectivity index (χ2n) is 7.97. The summed E-state index contributed by atoms with van der Waals surface area (Å²) in [5.74, 6) is -0.397. The smallest absolute Gasteiger partial charge is 0.264 e. The minimum absolute atomic E-state index is 0.0257. The Balaban J connectivity index is 1.73. The highest BCUT2D eigenvalue weighted by molar-refractivity contribution is 7.92. The molecule has 0 aliphatic carbocycles. The van der Waals surface area contributed by atoms with Gasteiger partial charge in [-0.15, -0.1) is 0 Å². The maximum atomic E-state index is 13.8. The summed E-state index contributed by atoms with van der Waals surface area (Å²) in [5.41, 5.74) is 2.90. The lowest BCUT2D eigenvalue weighted by atomic mass is 10.1. The number of nitrogens with zero attached hydrogens (tertiary/aromatic N) is 2. The van der Waals surface area contributed by atoms with Crippen LogP contribution in [0.2, 0.25) is 5.02 Å². The number of carbonyl (C=O) groups excluding carboxylic acids is 1. The number of benzene rings is 3. The van der Waals surface area contributed by atoms with Gasteiger partial charge in [0, 0.05) is 11.2 Å². The van der Waals surface area contributed by atoms with Gasteiger partial charge in [0.25, 0.3) is 15.9 Å². The third-order valence-corrected chi connectivity index (χ3v) is 7.45. The van der Waals surface area contributed by atoms with Crippen molar-refractivity contribution in [2.45, 2.75) is 24.9 Å². The first-order chi connectivity index (χ1) is 16.8. The number of amides is 1. The molecule has 0 aliphatic heterocycles. The van der Waals surface area contributed by atoms with Crippen LogP contribution in [0.3, 0.4) is 0 Å². The fourth-order valence-corrected chi connectivity index (χ4v) is 5.14. The summed E-state index contributed by atoms with van der Waals surface area (Å²) in [4.78, 5) is 17.5. The fourth-order valence-electron chi connectivity index (χ4n) is 3.54. The summed E-state index contributed by atoms with van der Waals surface area (Å²) in [5, 5.41) is 3.39. The van der Waals surface area contributed by atoms with Crippen LogP contribution >= 0.6 is 11.6 Å². The summed E-state index contributed by atoms with van der Waals surface area (Å²) in [6, 6.07) is 25.7. The number of halogens is 1. The number of hydrogen-bond donors (Lipinski definition) is 1. The van der Waals surface area contributed by atoms with E-state index in [1.54, 1.807) is 91.1 Å². The minimum atomic E-state index is -3.99. The number of para-hydroxylation sites is 1. The summed E-state index contributed by atoms with van der Waals surface area (Å²) in [6.45, 7) is 2.14. The molecule has 0 saturated heterocycles. The first kappa shape index (κ1) is 24.4. The zero-order chi connectivity index (χ0) is 24.8. The van der Waals surface area contributed by atoms with Crippen LogP contribution < -0.4 is 9.62 Å². The largest absolute Gasteiger partial charge is 0.346 e. The van der Waals surface area contributed by atoms with Gasteiger partial charge in [-0.25, -0.2) is 8.42 Å². The summed E-state index contributed by atoms with van der Waals surface area (Å²) in [6.07, 6.45) is 1.65. The van der Waals surface area contributed by atoms with E-state index in [9.17, 15) is 13.2 Å². The zero-order valence-electron chi connectivity index (χ0n) is 19.1.